The van der Waals surface area contributed by atoms with E-state index in [1.54, 1.807) is 26.4 Å². The Morgan fingerprint density at radius 2 is 1.91 bits per heavy atom. The normalized spacial score (nSPS) is 17.8. The predicted octanol–water partition coefficient (Wildman–Crippen LogP) is 3.56. The molecule has 0 bridgehead atoms. The molecule has 1 N–H and O–H groups in total. The summed E-state index contributed by atoms with van der Waals surface area (Å²) in [6.07, 6.45) is 2.63. The molecule has 2 atom stereocenters. The van der Waals surface area contributed by atoms with Gasteiger partial charge in [-0.15, -0.1) is 0 Å². The molecule has 0 aromatic heterocycles. The van der Waals surface area contributed by atoms with Gasteiger partial charge in [0.2, 0.25) is 15.9 Å². The summed E-state index contributed by atoms with van der Waals surface area (Å²) in [4.78, 5) is 13.0. The molecule has 0 aliphatic carbocycles. The molecule has 7 nitrogen and oxygen atoms in total. The second kappa shape index (κ2) is 11.5. The fraction of sp³-hybridized carbons (Fsp3) is 0.480. The molecule has 8 heteroatoms. The Hall–Kier alpha value is -2.58. The highest BCUT2D eigenvalue weighted by Gasteiger charge is 2.32. The molecule has 0 radical (unpaired) electrons. The highest BCUT2D eigenvalue weighted by atomic mass is 32.2. The van der Waals surface area contributed by atoms with E-state index in [4.69, 9.17) is 9.47 Å². The maximum Gasteiger partial charge on any atom is 0.224 e. The Bertz CT molecular complexity index is 1030. The minimum atomic E-state index is -3.40. The predicted molar refractivity (Wildman–Crippen MR) is 129 cm³/mol. The molecule has 0 spiro atoms. The summed E-state index contributed by atoms with van der Waals surface area (Å²) < 4.78 is 38.0. The highest BCUT2D eigenvalue weighted by Crippen LogP contribution is 2.30. The first-order valence-electron chi connectivity index (χ1n) is 11.4. The van der Waals surface area contributed by atoms with Crippen LogP contribution in [0.3, 0.4) is 0 Å². The quantitative estimate of drug-likeness (QED) is 0.569. The van der Waals surface area contributed by atoms with Gasteiger partial charge in [0.15, 0.2) is 0 Å². The van der Waals surface area contributed by atoms with Crippen LogP contribution >= 0.6 is 0 Å². The van der Waals surface area contributed by atoms with E-state index in [0.717, 1.165) is 17.5 Å². The maximum absolute atomic E-state index is 13.0. The Labute approximate surface area is 197 Å². The smallest absolute Gasteiger partial charge is 0.224 e. The minimum absolute atomic E-state index is 0.0909. The number of amides is 1. The zero-order valence-corrected chi connectivity index (χ0v) is 20.4. The van der Waals surface area contributed by atoms with Gasteiger partial charge in [-0.25, -0.2) is 12.7 Å². The van der Waals surface area contributed by atoms with Crippen molar-refractivity contribution in [2.45, 2.75) is 38.6 Å². The van der Waals surface area contributed by atoms with Gasteiger partial charge in [0, 0.05) is 18.7 Å². The topological polar surface area (TPSA) is 84.9 Å². The third-order valence-electron chi connectivity index (χ3n) is 6.12. The number of ether oxygens (including phenoxy) is 2. The number of aryl methyl sites for hydroxylation is 1. The number of piperidine rings is 1. The van der Waals surface area contributed by atoms with Gasteiger partial charge in [-0.3, -0.25) is 4.79 Å². The number of methoxy groups -OCH3 is 2. The minimum Gasteiger partial charge on any atom is -0.497 e. The summed E-state index contributed by atoms with van der Waals surface area (Å²) in [5.41, 5.74) is 1.94. The fourth-order valence-corrected chi connectivity index (χ4v) is 5.81. The van der Waals surface area contributed by atoms with E-state index in [2.05, 4.69) is 5.32 Å². The Morgan fingerprint density at radius 3 is 2.61 bits per heavy atom. The summed E-state index contributed by atoms with van der Waals surface area (Å²) >= 11 is 0. The molecule has 1 saturated heterocycles. The van der Waals surface area contributed by atoms with Gasteiger partial charge in [0.05, 0.1) is 31.9 Å². The molecule has 0 saturated carbocycles. The molecule has 1 fully saturated rings. The van der Waals surface area contributed by atoms with E-state index in [9.17, 15) is 13.2 Å². The molecule has 1 aliphatic rings. The number of hydrogen-bond donors (Lipinski definition) is 1. The van der Waals surface area contributed by atoms with E-state index < -0.39 is 10.0 Å². The number of nitrogens with one attached hydrogen (secondary N) is 1. The number of benzene rings is 2. The van der Waals surface area contributed by atoms with Crippen molar-refractivity contribution in [1.82, 2.24) is 9.62 Å². The number of sulfonamides is 1. The van der Waals surface area contributed by atoms with Crippen LogP contribution in [-0.4, -0.2) is 51.7 Å². The number of nitrogens with zero attached hydrogens (tertiary/aromatic N) is 1. The van der Waals surface area contributed by atoms with Gasteiger partial charge in [-0.2, -0.15) is 0 Å². The van der Waals surface area contributed by atoms with Crippen molar-refractivity contribution in [3.05, 3.63) is 59.7 Å². The summed E-state index contributed by atoms with van der Waals surface area (Å²) in [6, 6.07) is 15.0. The van der Waals surface area contributed by atoms with E-state index in [0.29, 0.717) is 37.3 Å². The van der Waals surface area contributed by atoms with Crippen LogP contribution in [0.4, 0.5) is 0 Å². The van der Waals surface area contributed by atoms with Crippen molar-refractivity contribution in [3.8, 4) is 11.5 Å². The molecule has 3 rings (SSSR count). The lowest BCUT2D eigenvalue weighted by atomic mass is 9.97. The van der Waals surface area contributed by atoms with Gasteiger partial charge in [0.1, 0.15) is 11.5 Å². The van der Waals surface area contributed by atoms with Crippen LogP contribution in [0.5, 0.6) is 11.5 Å². The molecule has 0 unspecified atom stereocenters. The first kappa shape index (κ1) is 25.1. The van der Waals surface area contributed by atoms with Crippen LogP contribution in [0.1, 0.15) is 43.4 Å². The third-order valence-corrected chi connectivity index (χ3v) is 8.04. The Kier molecular flexibility index (Phi) is 8.74. The number of hydrogen-bond acceptors (Lipinski definition) is 5. The Balaban J connectivity index is 1.58. The molecule has 2 aromatic carbocycles. The first-order valence-corrected chi connectivity index (χ1v) is 13.0. The fourth-order valence-electron chi connectivity index (χ4n) is 4.23. The summed E-state index contributed by atoms with van der Waals surface area (Å²) in [6.45, 7) is 2.58. The lowest BCUT2D eigenvalue weighted by molar-refractivity contribution is -0.126. The average Bonchev–Trinajstić information content (AvgIpc) is 2.84. The molecular weight excluding hydrogens is 440 g/mol. The lowest BCUT2D eigenvalue weighted by Gasteiger charge is -2.32. The Morgan fingerprint density at radius 1 is 1.15 bits per heavy atom. The molecule has 1 amide bonds. The van der Waals surface area contributed by atoms with Crippen LogP contribution in [0, 0.1) is 5.92 Å². The zero-order valence-electron chi connectivity index (χ0n) is 19.6. The van der Waals surface area contributed by atoms with E-state index >= 15 is 0 Å². The van der Waals surface area contributed by atoms with Gasteiger partial charge in [-0.05, 0) is 56.4 Å². The third kappa shape index (κ3) is 6.71. The lowest BCUT2D eigenvalue weighted by Crippen LogP contribution is -2.46. The standard InChI is InChI=1S/C25H34N2O5S/c1-19(23-17-22(31-2)13-14-24(23)32-3)26-25(28)21-12-7-15-27(18-21)33(29,30)16-8-11-20-9-5-4-6-10-20/h4-6,9-10,13-14,17,19,21H,7-8,11-12,15-16,18H2,1-3H3,(H,26,28)/t19-,21+/m1/s1. The van der Waals surface area contributed by atoms with E-state index in [-0.39, 0.29) is 30.2 Å². The largest absolute Gasteiger partial charge is 0.497 e. The average molecular weight is 475 g/mol. The van der Waals surface area contributed by atoms with Crippen molar-refractivity contribution >= 4 is 15.9 Å². The number of rotatable bonds is 10. The summed E-state index contributed by atoms with van der Waals surface area (Å²) in [5, 5.41) is 3.03. The highest BCUT2D eigenvalue weighted by molar-refractivity contribution is 7.89. The van der Waals surface area contributed by atoms with Gasteiger partial charge in [0.25, 0.3) is 0 Å². The SMILES string of the molecule is COc1ccc(OC)c([C@@H](C)NC(=O)[C@H]2CCCN(S(=O)(=O)CCCc3ccccc3)C2)c1. The van der Waals surface area contributed by atoms with Gasteiger partial charge in [-0.1, -0.05) is 30.3 Å². The van der Waals surface area contributed by atoms with Crippen LogP contribution in [0.25, 0.3) is 0 Å². The van der Waals surface area contributed by atoms with E-state index in [1.165, 1.54) is 4.31 Å². The maximum atomic E-state index is 13.0. The van der Waals surface area contributed by atoms with Crippen molar-refractivity contribution in [3.63, 3.8) is 0 Å². The second-order valence-corrected chi connectivity index (χ2v) is 10.5. The summed E-state index contributed by atoms with van der Waals surface area (Å²) in [7, 11) is -0.230. The van der Waals surface area contributed by atoms with E-state index in [1.807, 2.05) is 43.3 Å². The monoisotopic (exact) mass is 474 g/mol. The molecule has 180 valence electrons. The second-order valence-electron chi connectivity index (χ2n) is 8.44. The molecule has 2 aromatic rings. The van der Waals surface area contributed by atoms with Crippen molar-refractivity contribution in [1.29, 1.82) is 0 Å². The molecular formula is C25H34N2O5S. The van der Waals surface area contributed by atoms with Crippen LogP contribution < -0.4 is 14.8 Å². The van der Waals surface area contributed by atoms with Gasteiger partial charge >= 0.3 is 0 Å². The van der Waals surface area contributed by atoms with Crippen molar-refractivity contribution in [2.75, 3.05) is 33.1 Å². The molecule has 33 heavy (non-hydrogen) atoms. The molecule has 1 heterocycles. The van der Waals surface area contributed by atoms with Crippen LogP contribution in [0.15, 0.2) is 48.5 Å². The molecule has 1 aliphatic heterocycles. The first-order chi connectivity index (χ1) is 15.8. The summed E-state index contributed by atoms with van der Waals surface area (Å²) in [5.74, 6) is 0.915. The number of carbonyl (C=O) groups is 1. The van der Waals surface area contributed by atoms with Crippen molar-refractivity contribution < 1.29 is 22.7 Å². The van der Waals surface area contributed by atoms with Crippen LogP contribution in [-0.2, 0) is 21.2 Å². The van der Waals surface area contributed by atoms with Crippen LogP contribution in [0.2, 0.25) is 0 Å². The van der Waals surface area contributed by atoms with Crippen molar-refractivity contribution in [2.24, 2.45) is 5.92 Å². The van der Waals surface area contributed by atoms with Gasteiger partial charge < -0.3 is 14.8 Å². The number of carbonyl (C=O) groups excluding carboxylic acids is 1. The zero-order chi connectivity index (χ0) is 23.8.